The first-order valence-electron chi connectivity index (χ1n) is 5.66. The predicted octanol–water partition coefficient (Wildman–Crippen LogP) is -0.0628. The third-order valence-electron chi connectivity index (χ3n) is 2.80. The number of nitro groups is 1. The molecule has 2 unspecified atom stereocenters. The summed E-state index contributed by atoms with van der Waals surface area (Å²) in [4.78, 5) is 19.9. The summed E-state index contributed by atoms with van der Waals surface area (Å²) in [6, 6.07) is -0.0779. The fourth-order valence-corrected chi connectivity index (χ4v) is 1.75. The van der Waals surface area contributed by atoms with Gasteiger partial charge in [-0.15, -0.1) is 0 Å². The molecule has 1 aliphatic heterocycles. The van der Waals surface area contributed by atoms with Crippen LogP contribution in [-0.4, -0.2) is 46.7 Å². The van der Waals surface area contributed by atoms with Crippen LogP contribution in [0.4, 0.5) is 11.6 Å². The lowest BCUT2D eigenvalue weighted by Gasteiger charge is -2.34. The molecule has 1 aliphatic rings. The minimum Gasteiger partial charge on any atom is -0.373 e. The third kappa shape index (κ3) is 2.71. The Balaban J connectivity index is 2.09. The number of ether oxygens (including phenoxy) is 1. The molecular formula is C10H15N5O3. The number of morpholine rings is 1. The largest absolute Gasteiger partial charge is 0.373 e. The second kappa shape index (κ2) is 5.23. The zero-order valence-corrected chi connectivity index (χ0v) is 10.0. The summed E-state index contributed by atoms with van der Waals surface area (Å²) in [5.74, 6) is 0.467. The van der Waals surface area contributed by atoms with E-state index in [1.165, 1.54) is 12.4 Å². The molecule has 1 fully saturated rings. The molecule has 0 radical (unpaired) electrons. The molecule has 0 aromatic carbocycles. The smallest absolute Gasteiger partial charge is 0.305 e. The zero-order chi connectivity index (χ0) is 13.1. The van der Waals surface area contributed by atoms with Crippen LogP contribution in [-0.2, 0) is 4.74 Å². The average molecular weight is 253 g/mol. The molecule has 2 heterocycles. The Morgan fingerprint density at radius 2 is 2.28 bits per heavy atom. The highest BCUT2D eigenvalue weighted by Crippen LogP contribution is 2.16. The van der Waals surface area contributed by atoms with Crippen molar-refractivity contribution in [2.24, 2.45) is 5.73 Å². The van der Waals surface area contributed by atoms with Crippen molar-refractivity contribution in [3.8, 4) is 0 Å². The van der Waals surface area contributed by atoms with Crippen LogP contribution in [0.25, 0.3) is 0 Å². The predicted molar refractivity (Wildman–Crippen MR) is 64.3 cm³/mol. The highest BCUT2D eigenvalue weighted by atomic mass is 16.6. The van der Waals surface area contributed by atoms with E-state index < -0.39 is 4.92 Å². The number of anilines is 1. The van der Waals surface area contributed by atoms with Gasteiger partial charge in [-0.3, -0.25) is 10.1 Å². The van der Waals surface area contributed by atoms with Crippen molar-refractivity contribution in [2.45, 2.75) is 19.1 Å². The zero-order valence-electron chi connectivity index (χ0n) is 10.0. The molecule has 2 atom stereocenters. The number of nitrogens with zero attached hydrogens (tertiary/aromatic N) is 4. The lowest BCUT2D eigenvalue weighted by atomic mass is 10.1. The monoisotopic (exact) mass is 253 g/mol. The van der Waals surface area contributed by atoms with Crippen LogP contribution < -0.4 is 10.6 Å². The summed E-state index contributed by atoms with van der Waals surface area (Å²) in [7, 11) is 0. The van der Waals surface area contributed by atoms with E-state index in [0.29, 0.717) is 25.6 Å². The first-order chi connectivity index (χ1) is 8.58. The Kier molecular flexibility index (Phi) is 3.68. The molecule has 1 aromatic heterocycles. The minimum absolute atomic E-state index is 0.0717. The number of nitrogens with two attached hydrogens (primary N) is 1. The maximum Gasteiger partial charge on any atom is 0.305 e. The molecule has 2 rings (SSSR count). The van der Waals surface area contributed by atoms with Gasteiger partial charge in [0.1, 0.15) is 12.4 Å². The van der Waals surface area contributed by atoms with Crippen molar-refractivity contribution in [3.05, 3.63) is 22.5 Å². The minimum atomic E-state index is -0.520. The summed E-state index contributed by atoms with van der Waals surface area (Å²) >= 11 is 0. The lowest BCUT2D eigenvalue weighted by molar-refractivity contribution is -0.385. The molecule has 98 valence electrons. The van der Waals surface area contributed by atoms with Crippen molar-refractivity contribution in [3.63, 3.8) is 0 Å². The highest BCUT2D eigenvalue weighted by molar-refractivity contribution is 5.34. The van der Waals surface area contributed by atoms with E-state index in [0.717, 1.165) is 0 Å². The fourth-order valence-electron chi connectivity index (χ4n) is 1.75. The van der Waals surface area contributed by atoms with E-state index in [1.54, 1.807) is 0 Å². The van der Waals surface area contributed by atoms with Crippen molar-refractivity contribution in [2.75, 3.05) is 24.6 Å². The molecule has 0 saturated carbocycles. The Morgan fingerprint density at radius 1 is 1.61 bits per heavy atom. The summed E-state index contributed by atoms with van der Waals surface area (Å²) in [5, 5.41) is 10.5. The number of hydrogen-bond donors (Lipinski definition) is 1. The summed E-state index contributed by atoms with van der Waals surface area (Å²) in [6.45, 7) is 3.67. The Labute approximate surface area is 104 Å². The van der Waals surface area contributed by atoms with E-state index in [-0.39, 0.29) is 17.8 Å². The lowest BCUT2D eigenvalue weighted by Crippen LogP contribution is -2.50. The Bertz CT molecular complexity index is 422. The van der Waals surface area contributed by atoms with Gasteiger partial charge < -0.3 is 15.4 Å². The van der Waals surface area contributed by atoms with Crippen LogP contribution in [0.15, 0.2) is 12.4 Å². The Morgan fingerprint density at radius 3 is 2.83 bits per heavy atom. The van der Waals surface area contributed by atoms with Gasteiger partial charge in [0.2, 0.25) is 5.95 Å². The van der Waals surface area contributed by atoms with Crippen LogP contribution >= 0.6 is 0 Å². The van der Waals surface area contributed by atoms with E-state index in [2.05, 4.69) is 9.97 Å². The van der Waals surface area contributed by atoms with Gasteiger partial charge in [0, 0.05) is 19.1 Å². The molecule has 18 heavy (non-hydrogen) atoms. The molecule has 0 spiro atoms. The summed E-state index contributed by atoms with van der Waals surface area (Å²) < 4.78 is 5.52. The molecular weight excluding hydrogens is 238 g/mol. The van der Waals surface area contributed by atoms with Crippen LogP contribution in [0.2, 0.25) is 0 Å². The SMILES string of the molecule is CC(N)C1CN(c2ncc([N+](=O)[O-])cn2)CCO1. The second-order valence-corrected chi connectivity index (χ2v) is 4.21. The molecule has 0 bridgehead atoms. The highest BCUT2D eigenvalue weighted by Gasteiger charge is 2.25. The topological polar surface area (TPSA) is 107 Å². The maximum atomic E-state index is 10.5. The molecule has 0 amide bonds. The fraction of sp³-hybridized carbons (Fsp3) is 0.600. The third-order valence-corrected chi connectivity index (χ3v) is 2.80. The summed E-state index contributed by atoms with van der Waals surface area (Å²) in [6.07, 6.45) is 2.34. The van der Waals surface area contributed by atoms with Crippen molar-refractivity contribution in [1.29, 1.82) is 0 Å². The van der Waals surface area contributed by atoms with Crippen LogP contribution in [0.3, 0.4) is 0 Å². The van der Waals surface area contributed by atoms with Gasteiger partial charge in [-0.1, -0.05) is 0 Å². The van der Waals surface area contributed by atoms with Crippen molar-refractivity contribution >= 4 is 11.6 Å². The van der Waals surface area contributed by atoms with Gasteiger partial charge in [0.05, 0.1) is 17.6 Å². The van der Waals surface area contributed by atoms with Crippen LogP contribution in [0.5, 0.6) is 0 Å². The summed E-state index contributed by atoms with van der Waals surface area (Å²) in [5.41, 5.74) is 5.67. The van der Waals surface area contributed by atoms with Crippen LogP contribution in [0, 0.1) is 10.1 Å². The molecule has 1 saturated heterocycles. The average Bonchev–Trinajstić information content (AvgIpc) is 2.39. The first kappa shape index (κ1) is 12.7. The van der Waals surface area contributed by atoms with Gasteiger partial charge in [-0.05, 0) is 6.92 Å². The van der Waals surface area contributed by atoms with Gasteiger partial charge in [0.15, 0.2) is 0 Å². The number of aromatic nitrogens is 2. The normalized spacial score (nSPS) is 21.7. The van der Waals surface area contributed by atoms with Crippen molar-refractivity contribution < 1.29 is 9.66 Å². The standard InChI is InChI=1S/C10H15N5O3/c1-7(11)9-6-14(2-3-18-9)10-12-4-8(5-13-10)15(16)17/h4-5,7,9H,2-3,6,11H2,1H3. The second-order valence-electron chi connectivity index (χ2n) is 4.21. The molecule has 8 nitrogen and oxygen atoms in total. The van der Waals surface area contributed by atoms with E-state index in [4.69, 9.17) is 10.5 Å². The van der Waals surface area contributed by atoms with Crippen LogP contribution in [0.1, 0.15) is 6.92 Å². The number of hydrogen-bond acceptors (Lipinski definition) is 7. The first-order valence-corrected chi connectivity index (χ1v) is 5.66. The van der Waals surface area contributed by atoms with E-state index >= 15 is 0 Å². The van der Waals surface area contributed by atoms with Gasteiger partial charge in [0.25, 0.3) is 0 Å². The number of rotatable bonds is 3. The van der Waals surface area contributed by atoms with Crippen molar-refractivity contribution in [1.82, 2.24) is 9.97 Å². The van der Waals surface area contributed by atoms with Gasteiger partial charge in [-0.25, -0.2) is 9.97 Å². The maximum absolute atomic E-state index is 10.5. The molecule has 0 aliphatic carbocycles. The van der Waals surface area contributed by atoms with Gasteiger partial charge >= 0.3 is 5.69 Å². The van der Waals surface area contributed by atoms with E-state index in [1.807, 2.05) is 11.8 Å². The molecule has 2 N–H and O–H groups in total. The van der Waals surface area contributed by atoms with E-state index in [9.17, 15) is 10.1 Å². The Hall–Kier alpha value is -1.80. The molecule has 1 aromatic rings. The molecule has 8 heteroatoms. The quantitative estimate of drug-likeness (QED) is 0.593. The van der Waals surface area contributed by atoms with Gasteiger partial charge in [-0.2, -0.15) is 0 Å².